The third-order valence-electron chi connectivity index (χ3n) is 5.16. The predicted molar refractivity (Wildman–Crippen MR) is 152 cm³/mol. The van der Waals surface area contributed by atoms with Crippen LogP contribution in [0.15, 0.2) is 68.4 Å². The Bertz CT molecular complexity index is 1350. The number of rotatable bonds is 8. The smallest absolute Gasteiger partial charge is 0.293 e. The fraction of sp³-hybridized carbons (Fsp3) is 0.154. The average Bonchev–Trinajstić information content (AvgIpc) is 3.11. The summed E-state index contributed by atoms with van der Waals surface area (Å²) in [6.07, 6.45) is 1.68. The number of halogens is 4. The van der Waals surface area contributed by atoms with Crippen LogP contribution in [0.25, 0.3) is 6.08 Å². The van der Waals surface area contributed by atoms with Crippen molar-refractivity contribution in [2.75, 3.05) is 6.61 Å². The second-order valence-corrected chi connectivity index (χ2v) is 11.3. The van der Waals surface area contributed by atoms with E-state index in [1.807, 2.05) is 37.3 Å². The summed E-state index contributed by atoms with van der Waals surface area (Å²) in [4.78, 5) is 27.2. The Kier molecular flexibility index (Phi) is 9.06. The van der Waals surface area contributed by atoms with E-state index in [4.69, 9.17) is 32.7 Å². The molecule has 0 atom stereocenters. The Morgan fingerprint density at radius 1 is 0.917 bits per heavy atom. The standard InChI is InChI=1S/C26H19Br2Cl2NO4S/c1-2-34-22-10-17(19(28)12-23(22)35-14-16-5-8-20(29)21(30)9-16)11-24-25(32)31(26(33)36-24)13-15-3-6-18(27)7-4-15/h3-12H,2,13-14H2,1H3/b24-11-. The molecular formula is C26H19Br2Cl2NO4S. The number of hydrogen-bond acceptors (Lipinski definition) is 5. The molecule has 0 spiro atoms. The molecule has 1 aliphatic rings. The molecule has 36 heavy (non-hydrogen) atoms. The molecular weight excluding hydrogens is 653 g/mol. The lowest BCUT2D eigenvalue weighted by Gasteiger charge is -2.15. The van der Waals surface area contributed by atoms with E-state index in [2.05, 4.69) is 31.9 Å². The highest BCUT2D eigenvalue weighted by Gasteiger charge is 2.35. The van der Waals surface area contributed by atoms with Gasteiger partial charge in [-0.3, -0.25) is 14.5 Å². The summed E-state index contributed by atoms with van der Waals surface area (Å²) in [6, 6.07) is 16.4. The molecule has 1 saturated heterocycles. The maximum absolute atomic E-state index is 13.0. The van der Waals surface area contributed by atoms with Gasteiger partial charge < -0.3 is 9.47 Å². The summed E-state index contributed by atoms with van der Waals surface area (Å²) >= 11 is 20.0. The molecule has 4 rings (SSSR count). The fourth-order valence-corrected chi connectivity index (χ4v) is 5.23. The van der Waals surface area contributed by atoms with Crippen molar-refractivity contribution in [3.8, 4) is 11.5 Å². The van der Waals surface area contributed by atoms with Crippen LogP contribution in [0.3, 0.4) is 0 Å². The molecule has 0 bridgehead atoms. The van der Waals surface area contributed by atoms with Gasteiger partial charge in [0.2, 0.25) is 0 Å². The van der Waals surface area contributed by atoms with Crippen molar-refractivity contribution < 1.29 is 19.1 Å². The number of imide groups is 1. The Balaban J connectivity index is 1.55. The van der Waals surface area contributed by atoms with Crippen LogP contribution in [-0.2, 0) is 17.9 Å². The number of hydrogen-bond donors (Lipinski definition) is 0. The first kappa shape index (κ1) is 27.1. The summed E-state index contributed by atoms with van der Waals surface area (Å²) in [5.41, 5.74) is 2.41. The number of thioether (sulfide) groups is 1. The van der Waals surface area contributed by atoms with E-state index in [9.17, 15) is 9.59 Å². The van der Waals surface area contributed by atoms with Gasteiger partial charge in [0.1, 0.15) is 6.61 Å². The van der Waals surface area contributed by atoms with Crippen LogP contribution in [0.5, 0.6) is 11.5 Å². The van der Waals surface area contributed by atoms with Crippen LogP contribution in [0.4, 0.5) is 4.79 Å². The van der Waals surface area contributed by atoms with Crippen LogP contribution in [0.2, 0.25) is 10.0 Å². The maximum atomic E-state index is 13.0. The third-order valence-corrected chi connectivity index (χ3v) is 8.02. The summed E-state index contributed by atoms with van der Waals surface area (Å²) in [5.74, 6) is 0.703. The van der Waals surface area contributed by atoms with Gasteiger partial charge in [-0.15, -0.1) is 0 Å². The largest absolute Gasteiger partial charge is 0.490 e. The topological polar surface area (TPSA) is 55.8 Å². The van der Waals surface area contributed by atoms with Crippen molar-refractivity contribution in [3.05, 3.63) is 95.2 Å². The van der Waals surface area contributed by atoms with Gasteiger partial charge in [-0.2, -0.15) is 0 Å². The van der Waals surface area contributed by atoms with Gasteiger partial charge in [0.05, 0.1) is 28.1 Å². The van der Waals surface area contributed by atoms with E-state index < -0.39 is 0 Å². The minimum Gasteiger partial charge on any atom is -0.490 e. The monoisotopic (exact) mass is 669 g/mol. The van der Waals surface area contributed by atoms with Crippen LogP contribution < -0.4 is 9.47 Å². The zero-order valence-electron chi connectivity index (χ0n) is 18.9. The van der Waals surface area contributed by atoms with Crippen LogP contribution in [0.1, 0.15) is 23.6 Å². The molecule has 5 nitrogen and oxygen atoms in total. The molecule has 0 N–H and O–H groups in total. The van der Waals surface area contributed by atoms with Crippen molar-refractivity contribution in [2.24, 2.45) is 0 Å². The zero-order valence-corrected chi connectivity index (χ0v) is 24.4. The zero-order chi connectivity index (χ0) is 25.8. The number of carbonyl (C=O) groups is 2. The molecule has 1 heterocycles. The highest BCUT2D eigenvalue weighted by atomic mass is 79.9. The third kappa shape index (κ3) is 6.47. The first-order valence-electron chi connectivity index (χ1n) is 10.8. The Hall–Kier alpha value is -1.97. The van der Waals surface area contributed by atoms with Gasteiger partial charge in [0, 0.05) is 8.95 Å². The average molecular weight is 672 g/mol. The Morgan fingerprint density at radius 3 is 2.31 bits per heavy atom. The molecule has 10 heteroatoms. The van der Waals surface area contributed by atoms with Gasteiger partial charge >= 0.3 is 0 Å². The Morgan fingerprint density at radius 2 is 1.61 bits per heavy atom. The number of nitrogens with zero attached hydrogens (tertiary/aromatic N) is 1. The number of amides is 2. The molecule has 1 aliphatic heterocycles. The van der Waals surface area contributed by atoms with Crippen LogP contribution in [-0.4, -0.2) is 22.7 Å². The summed E-state index contributed by atoms with van der Waals surface area (Å²) in [6.45, 7) is 2.77. The lowest BCUT2D eigenvalue weighted by molar-refractivity contribution is -0.123. The van der Waals surface area contributed by atoms with Gasteiger partial charge in [0.25, 0.3) is 11.1 Å². The molecule has 2 amide bonds. The highest BCUT2D eigenvalue weighted by molar-refractivity contribution is 9.10. The van der Waals surface area contributed by atoms with Gasteiger partial charge in [-0.1, -0.05) is 73.3 Å². The molecule has 3 aromatic rings. The number of carbonyl (C=O) groups excluding carboxylic acids is 2. The van der Waals surface area contributed by atoms with Crippen molar-refractivity contribution in [1.82, 2.24) is 4.90 Å². The summed E-state index contributed by atoms with van der Waals surface area (Å²) in [7, 11) is 0. The molecule has 3 aromatic carbocycles. The SMILES string of the molecule is CCOc1cc(/C=C2\SC(=O)N(Cc3ccc(Br)cc3)C2=O)c(Br)cc1OCc1ccc(Cl)c(Cl)c1. The fourth-order valence-electron chi connectivity index (χ4n) is 3.38. The minimum absolute atomic E-state index is 0.210. The van der Waals surface area contributed by atoms with E-state index >= 15 is 0 Å². The molecule has 186 valence electrons. The van der Waals surface area contributed by atoms with Crippen molar-refractivity contribution in [2.45, 2.75) is 20.1 Å². The van der Waals surface area contributed by atoms with E-state index in [-0.39, 0.29) is 24.3 Å². The quantitative estimate of drug-likeness (QED) is 0.224. The summed E-state index contributed by atoms with van der Waals surface area (Å²) in [5, 5.41) is 0.620. The minimum atomic E-state index is -0.335. The Labute approximate surface area is 240 Å². The first-order chi connectivity index (χ1) is 17.2. The van der Waals surface area contributed by atoms with E-state index in [0.717, 1.165) is 27.4 Å². The van der Waals surface area contributed by atoms with Crippen molar-refractivity contribution >= 4 is 84.0 Å². The van der Waals surface area contributed by atoms with Gasteiger partial charge in [-0.05, 0) is 77.9 Å². The molecule has 0 saturated carbocycles. The van der Waals surface area contributed by atoms with E-state index in [1.165, 1.54) is 4.90 Å². The van der Waals surface area contributed by atoms with Crippen LogP contribution in [0, 0.1) is 0 Å². The van der Waals surface area contributed by atoms with Crippen molar-refractivity contribution in [1.29, 1.82) is 0 Å². The molecule has 0 radical (unpaired) electrons. The second-order valence-electron chi connectivity index (χ2n) is 7.68. The number of ether oxygens (including phenoxy) is 2. The van der Waals surface area contributed by atoms with Crippen LogP contribution >= 0.6 is 66.8 Å². The van der Waals surface area contributed by atoms with E-state index in [1.54, 1.807) is 30.3 Å². The molecule has 0 unspecified atom stereocenters. The van der Waals surface area contributed by atoms with Crippen molar-refractivity contribution in [3.63, 3.8) is 0 Å². The van der Waals surface area contributed by atoms with E-state index in [0.29, 0.717) is 43.1 Å². The maximum Gasteiger partial charge on any atom is 0.293 e. The first-order valence-corrected chi connectivity index (χ1v) is 13.9. The molecule has 1 fully saturated rings. The number of benzene rings is 3. The normalized spacial score (nSPS) is 14.6. The lowest BCUT2D eigenvalue weighted by Crippen LogP contribution is -2.27. The molecule has 0 aromatic heterocycles. The second kappa shape index (κ2) is 12.0. The van der Waals surface area contributed by atoms with Gasteiger partial charge in [-0.25, -0.2) is 0 Å². The lowest BCUT2D eigenvalue weighted by atomic mass is 10.1. The molecule has 0 aliphatic carbocycles. The predicted octanol–water partition coefficient (Wildman–Crippen LogP) is 8.73. The summed E-state index contributed by atoms with van der Waals surface area (Å²) < 4.78 is 13.4. The van der Waals surface area contributed by atoms with Gasteiger partial charge in [0.15, 0.2) is 11.5 Å². The highest BCUT2D eigenvalue weighted by Crippen LogP contribution is 2.39.